The first-order valence-corrected chi connectivity index (χ1v) is 9.07. The van der Waals surface area contributed by atoms with Crippen LogP contribution >= 0.6 is 11.6 Å². The van der Waals surface area contributed by atoms with Crippen LogP contribution in [0.25, 0.3) is 22.2 Å². The number of imidazole rings is 1. The number of halogens is 2. The zero-order valence-corrected chi connectivity index (χ0v) is 16.4. The van der Waals surface area contributed by atoms with E-state index in [0.717, 1.165) is 22.2 Å². The molecule has 1 N–H and O–H groups in total. The number of rotatable bonds is 4. The molecule has 4 aromatic rings. The van der Waals surface area contributed by atoms with Crippen LogP contribution in [0.4, 0.5) is 15.8 Å². The number of fused-ring (bicyclic) bond motifs is 1. The molecule has 0 spiro atoms. The third-order valence-corrected chi connectivity index (χ3v) is 4.77. The van der Waals surface area contributed by atoms with Gasteiger partial charge in [0, 0.05) is 41.8 Å². The normalized spacial score (nSPS) is 10.9. The van der Waals surface area contributed by atoms with E-state index in [4.69, 9.17) is 16.3 Å². The molecule has 6 nitrogen and oxygen atoms in total. The minimum absolute atomic E-state index is 0.0397. The average molecular weight is 411 g/mol. The highest BCUT2D eigenvalue weighted by Crippen LogP contribution is 2.30. The fraction of sp³-hybridized carbons (Fsp3) is 0.0952. The van der Waals surface area contributed by atoms with Gasteiger partial charge in [0.15, 0.2) is 0 Å². The Balaban J connectivity index is 1.76. The number of aryl methyl sites for hydroxylation is 1. The highest BCUT2D eigenvalue weighted by atomic mass is 35.5. The van der Waals surface area contributed by atoms with Crippen molar-refractivity contribution in [2.45, 2.75) is 0 Å². The molecule has 146 valence electrons. The molecule has 0 atom stereocenters. The lowest BCUT2D eigenvalue weighted by Crippen LogP contribution is -2.08. The van der Waals surface area contributed by atoms with E-state index in [9.17, 15) is 9.18 Å². The molecule has 0 amide bonds. The molecule has 29 heavy (non-hydrogen) atoms. The number of hydrogen-bond donors (Lipinski definition) is 1. The summed E-state index contributed by atoms with van der Waals surface area (Å²) < 4.78 is 19.8. The molecule has 0 radical (unpaired) electrons. The molecule has 0 saturated carbocycles. The fourth-order valence-electron chi connectivity index (χ4n) is 3.03. The molecule has 0 bridgehead atoms. The van der Waals surface area contributed by atoms with Crippen LogP contribution in [0, 0.1) is 5.82 Å². The molecule has 0 aliphatic carbocycles. The zero-order valence-electron chi connectivity index (χ0n) is 15.6. The van der Waals surface area contributed by atoms with Gasteiger partial charge in [0.05, 0.1) is 23.3 Å². The summed E-state index contributed by atoms with van der Waals surface area (Å²) in [6.45, 7) is 0. The Morgan fingerprint density at radius 1 is 1.21 bits per heavy atom. The maximum absolute atomic E-state index is 13.4. The van der Waals surface area contributed by atoms with Gasteiger partial charge < -0.3 is 14.6 Å². The number of nitrogens with one attached hydrogen (secondary N) is 1. The van der Waals surface area contributed by atoms with Gasteiger partial charge in [0.25, 0.3) is 0 Å². The lowest BCUT2D eigenvalue weighted by molar-refractivity contribution is 0.0583. The third-order valence-electron chi connectivity index (χ3n) is 4.48. The largest absolute Gasteiger partial charge is 0.463 e. The summed E-state index contributed by atoms with van der Waals surface area (Å²) in [7, 11) is 3.05. The van der Waals surface area contributed by atoms with Crippen molar-refractivity contribution >= 4 is 39.8 Å². The Labute approximate surface area is 170 Å². The van der Waals surface area contributed by atoms with Crippen LogP contribution in [0.5, 0.6) is 0 Å². The van der Waals surface area contributed by atoms with Gasteiger partial charge in [-0.05, 0) is 36.4 Å². The molecule has 0 saturated heterocycles. The molecule has 0 unspecified atom stereocenters. The molecule has 4 rings (SSSR count). The monoisotopic (exact) mass is 410 g/mol. The first-order valence-electron chi connectivity index (χ1n) is 8.69. The van der Waals surface area contributed by atoms with Gasteiger partial charge in [0.2, 0.25) is 5.82 Å². The fourth-order valence-corrected chi connectivity index (χ4v) is 3.21. The van der Waals surface area contributed by atoms with Crippen LogP contribution in [-0.4, -0.2) is 27.6 Å². The standard InChI is InChI=1S/C21H16ClFN4O2/c1-27-11-19(26-20(27)21(28)29-2)12-3-6-17-14(9-12)18(7-8-24-17)25-13-4-5-16(23)15(22)10-13/h3-11H,1-2H3,(H,24,25). The second kappa shape index (κ2) is 7.52. The van der Waals surface area contributed by atoms with Crippen molar-refractivity contribution in [3.8, 4) is 11.3 Å². The van der Waals surface area contributed by atoms with Gasteiger partial charge in [-0.3, -0.25) is 4.98 Å². The van der Waals surface area contributed by atoms with E-state index < -0.39 is 11.8 Å². The second-order valence-corrected chi connectivity index (χ2v) is 6.80. The number of carbonyl (C=O) groups is 1. The maximum Gasteiger partial charge on any atom is 0.374 e. The Bertz CT molecular complexity index is 1240. The Hall–Kier alpha value is -3.45. The number of nitrogens with zero attached hydrogens (tertiary/aromatic N) is 3. The predicted molar refractivity (Wildman–Crippen MR) is 110 cm³/mol. The zero-order chi connectivity index (χ0) is 20.5. The van der Waals surface area contributed by atoms with E-state index >= 15 is 0 Å². The number of methoxy groups -OCH3 is 1. The van der Waals surface area contributed by atoms with Crippen LogP contribution in [-0.2, 0) is 11.8 Å². The van der Waals surface area contributed by atoms with Gasteiger partial charge in [-0.1, -0.05) is 17.7 Å². The van der Waals surface area contributed by atoms with Crippen molar-refractivity contribution in [3.05, 3.63) is 71.5 Å². The number of ether oxygens (including phenoxy) is 1. The lowest BCUT2D eigenvalue weighted by Gasteiger charge is -2.11. The molecule has 2 heterocycles. The van der Waals surface area contributed by atoms with Crippen molar-refractivity contribution in [2.75, 3.05) is 12.4 Å². The van der Waals surface area contributed by atoms with Gasteiger partial charge in [-0.25, -0.2) is 14.2 Å². The highest BCUT2D eigenvalue weighted by molar-refractivity contribution is 6.31. The molecule has 0 fully saturated rings. The minimum atomic E-state index is -0.503. The SMILES string of the molecule is COC(=O)c1nc(-c2ccc3nccc(Nc4ccc(F)c(Cl)c4)c3c2)cn1C. The molecule has 0 aliphatic rings. The molecule has 2 aromatic carbocycles. The molecule has 0 aliphatic heterocycles. The summed E-state index contributed by atoms with van der Waals surface area (Å²) in [6, 6.07) is 12.0. The number of anilines is 2. The maximum atomic E-state index is 13.4. The first-order chi connectivity index (χ1) is 14.0. The lowest BCUT2D eigenvalue weighted by atomic mass is 10.1. The van der Waals surface area contributed by atoms with E-state index in [2.05, 4.69) is 15.3 Å². The number of hydrogen-bond acceptors (Lipinski definition) is 5. The highest BCUT2D eigenvalue weighted by Gasteiger charge is 2.16. The number of esters is 1. The summed E-state index contributed by atoms with van der Waals surface area (Å²) >= 11 is 5.88. The average Bonchev–Trinajstić information content (AvgIpc) is 3.12. The van der Waals surface area contributed by atoms with Gasteiger partial charge in [-0.2, -0.15) is 0 Å². The summed E-state index contributed by atoms with van der Waals surface area (Å²) in [6.07, 6.45) is 3.45. The quantitative estimate of drug-likeness (QED) is 0.482. The van der Waals surface area contributed by atoms with E-state index in [1.54, 1.807) is 30.1 Å². The minimum Gasteiger partial charge on any atom is -0.463 e. The summed E-state index contributed by atoms with van der Waals surface area (Å²) in [5, 5.41) is 4.13. The van der Waals surface area contributed by atoms with E-state index in [1.165, 1.54) is 19.2 Å². The van der Waals surface area contributed by atoms with Crippen LogP contribution in [0.2, 0.25) is 5.02 Å². The number of carbonyl (C=O) groups excluding carboxylic acids is 1. The Kier molecular flexibility index (Phi) is 4.90. The Morgan fingerprint density at radius 2 is 2.03 bits per heavy atom. The predicted octanol–water partition coefficient (Wildman–Crippen LogP) is 4.96. The topological polar surface area (TPSA) is 69.0 Å². The summed E-state index contributed by atoms with van der Waals surface area (Å²) in [4.78, 5) is 20.6. The van der Waals surface area contributed by atoms with Crippen molar-refractivity contribution in [1.82, 2.24) is 14.5 Å². The molecular weight excluding hydrogens is 395 g/mol. The molecule has 8 heteroatoms. The number of pyridine rings is 1. The van der Waals surface area contributed by atoms with Crippen molar-refractivity contribution in [2.24, 2.45) is 7.05 Å². The summed E-state index contributed by atoms with van der Waals surface area (Å²) in [5.74, 6) is -0.763. The van der Waals surface area contributed by atoms with Crippen LogP contribution < -0.4 is 5.32 Å². The third kappa shape index (κ3) is 3.64. The van der Waals surface area contributed by atoms with Gasteiger partial charge in [-0.15, -0.1) is 0 Å². The molecule has 2 aromatic heterocycles. The first kappa shape index (κ1) is 18.9. The van der Waals surface area contributed by atoms with Crippen molar-refractivity contribution in [3.63, 3.8) is 0 Å². The Morgan fingerprint density at radius 3 is 2.79 bits per heavy atom. The van der Waals surface area contributed by atoms with Crippen LogP contribution in [0.1, 0.15) is 10.6 Å². The number of aromatic nitrogens is 3. The number of benzene rings is 2. The summed E-state index contributed by atoms with van der Waals surface area (Å²) in [5.41, 5.74) is 3.66. The smallest absolute Gasteiger partial charge is 0.374 e. The molecular formula is C21H16ClFN4O2. The second-order valence-electron chi connectivity index (χ2n) is 6.40. The van der Waals surface area contributed by atoms with Crippen molar-refractivity contribution in [1.29, 1.82) is 0 Å². The van der Waals surface area contributed by atoms with Gasteiger partial charge in [0.1, 0.15) is 5.82 Å². The van der Waals surface area contributed by atoms with Crippen LogP contribution in [0.3, 0.4) is 0 Å². The van der Waals surface area contributed by atoms with E-state index in [1.807, 2.05) is 24.3 Å². The van der Waals surface area contributed by atoms with Gasteiger partial charge >= 0.3 is 5.97 Å². The van der Waals surface area contributed by atoms with Crippen LogP contribution in [0.15, 0.2) is 54.9 Å². The van der Waals surface area contributed by atoms with Crippen molar-refractivity contribution < 1.29 is 13.9 Å². The van der Waals surface area contributed by atoms with E-state index in [0.29, 0.717) is 11.4 Å². The van der Waals surface area contributed by atoms with E-state index in [-0.39, 0.29) is 10.8 Å².